The van der Waals surface area contributed by atoms with E-state index in [-0.39, 0.29) is 6.79 Å². The van der Waals surface area contributed by atoms with E-state index in [1.807, 2.05) is 36.5 Å². The lowest BCUT2D eigenvalue weighted by Gasteiger charge is -2.12. The van der Waals surface area contributed by atoms with Crippen molar-refractivity contribution in [2.75, 3.05) is 21.0 Å². The van der Waals surface area contributed by atoms with Gasteiger partial charge in [-0.3, -0.25) is 4.98 Å². The largest absolute Gasteiger partial charge is 0.493 e. The third-order valence-corrected chi connectivity index (χ3v) is 4.68. The van der Waals surface area contributed by atoms with E-state index >= 15 is 0 Å². The molecule has 0 saturated heterocycles. The Morgan fingerprint density at radius 2 is 1.80 bits per heavy atom. The summed E-state index contributed by atoms with van der Waals surface area (Å²) in [5.41, 5.74) is 0.899. The molecule has 0 fully saturated rings. The Bertz CT molecular complexity index is 1150. The van der Waals surface area contributed by atoms with Gasteiger partial charge in [0.15, 0.2) is 23.0 Å². The van der Waals surface area contributed by atoms with Crippen LogP contribution in [0.25, 0.3) is 32.4 Å². The molecule has 5 heteroatoms. The molecule has 5 nitrogen and oxygen atoms in total. The maximum atomic E-state index is 5.63. The SMILES string of the molecule is COc1ccc2c(cnc3cc4c5c(ccc4cc32)OCO5)c1OC. The lowest BCUT2D eigenvalue weighted by atomic mass is 10.0. The van der Waals surface area contributed by atoms with Gasteiger partial charge in [-0.15, -0.1) is 0 Å². The average molecular weight is 333 g/mol. The van der Waals surface area contributed by atoms with Crippen LogP contribution in [0.5, 0.6) is 23.0 Å². The first-order valence-electron chi connectivity index (χ1n) is 7.96. The minimum atomic E-state index is 0.259. The van der Waals surface area contributed by atoms with Crippen LogP contribution in [0.3, 0.4) is 0 Å². The van der Waals surface area contributed by atoms with Crippen molar-refractivity contribution in [3.05, 3.63) is 42.6 Å². The van der Waals surface area contributed by atoms with Crippen LogP contribution in [-0.4, -0.2) is 26.0 Å². The summed E-state index contributed by atoms with van der Waals surface area (Å²) in [4.78, 5) is 4.64. The fourth-order valence-corrected chi connectivity index (χ4v) is 3.50. The standard InChI is InChI=1S/C20H15NO4/c1-22-17-6-4-12-14-7-11-3-5-18-20(25-10-24-18)13(11)8-16(14)21-9-15(12)19(17)23-2/h3-9H,10H2,1-2H3. The number of ether oxygens (including phenoxy) is 4. The van der Waals surface area contributed by atoms with Crippen molar-refractivity contribution in [1.82, 2.24) is 4.98 Å². The minimum absolute atomic E-state index is 0.259. The summed E-state index contributed by atoms with van der Waals surface area (Å²) in [6, 6.07) is 12.1. The predicted octanol–water partition coefficient (Wildman–Crippen LogP) is 4.29. The molecule has 0 N–H and O–H groups in total. The average Bonchev–Trinajstić information content (AvgIpc) is 3.14. The molecule has 0 radical (unpaired) electrons. The fourth-order valence-electron chi connectivity index (χ4n) is 3.50. The molecule has 0 aliphatic carbocycles. The van der Waals surface area contributed by atoms with E-state index in [4.69, 9.17) is 18.9 Å². The van der Waals surface area contributed by atoms with Crippen molar-refractivity contribution in [3.8, 4) is 23.0 Å². The Balaban J connectivity index is 1.88. The second-order valence-electron chi connectivity index (χ2n) is 5.91. The number of rotatable bonds is 2. The van der Waals surface area contributed by atoms with Crippen LogP contribution in [0, 0.1) is 0 Å². The van der Waals surface area contributed by atoms with Gasteiger partial charge in [0.05, 0.1) is 19.7 Å². The van der Waals surface area contributed by atoms with Gasteiger partial charge < -0.3 is 18.9 Å². The summed E-state index contributed by atoms with van der Waals surface area (Å²) in [6.07, 6.45) is 1.82. The zero-order valence-electron chi connectivity index (χ0n) is 13.8. The molecule has 0 unspecified atom stereocenters. The highest BCUT2D eigenvalue weighted by atomic mass is 16.7. The quantitative estimate of drug-likeness (QED) is 0.405. The highest BCUT2D eigenvalue weighted by Gasteiger charge is 2.18. The Kier molecular flexibility index (Phi) is 2.91. The molecule has 4 aromatic rings. The second-order valence-corrected chi connectivity index (χ2v) is 5.91. The van der Waals surface area contributed by atoms with Crippen LogP contribution in [0.15, 0.2) is 42.6 Å². The van der Waals surface area contributed by atoms with E-state index in [2.05, 4.69) is 11.1 Å². The maximum Gasteiger partial charge on any atom is 0.231 e. The van der Waals surface area contributed by atoms with Crippen LogP contribution in [-0.2, 0) is 0 Å². The molecule has 2 heterocycles. The van der Waals surface area contributed by atoms with Crippen LogP contribution >= 0.6 is 0 Å². The molecule has 0 atom stereocenters. The van der Waals surface area contributed by atoms with E-state index in [0.29, 0.717) is 11.5 Å². The predicted molar refractivity (Wildman–Crippen MR) is 96.0 cm³/mol. The molecule has 124 valence electrons. The molecule has 0 amide bonds. The molecule has 0 spiro atoms. The van der Waals surface area contributed by atoms with E-state index in [9.17, 15) is 0 Å². The summed E-state index contributed by atoms with van der Waals surface area (Å²) in [5.74, 6) is 2.95. The third kappa shape index (κ3) is 1.92. The molecule has 0 saturated carbocycles. The zero-order chi connectivity index (χ0) is 17.0. The molecular formula is C20H15NO4. The highest BCUT2D eigenvalue weighted by Crippen LogP contribution is 2.42. The number of fused-ring (bicyclic) bond motifs is 6. The van der Waals surface area contributed by atoms with Gasteiger partial charge in [-0.2, -0.15) is 0 Å². The number of nitrogens with zero attached hydrogens (tertiary/aromatic N) is 1. The Morgan fingerprint density at radius 1 is 0.880 bits per heavy atom. The number of pyridine rings is 1. The third-order valence-electron chi connectivity index (χ3n) is 4.68. The molecular weight excluding hydrogens is 318 g/mol. The van der Waals surface area contributed by atoms with Gasteiger partial charge in [-0.05, 0) is 41.1 Å². The van der Waals surface area contributed by atoms with Crippen molar-refractivity contribution in [3.63, 3.8) is 0 Å². The molecule has 5 rings (SSSR count). The van der Waals surface area contributed by atoms with Gasteiger partial charge in [0, 0.05) is 22.4 Å². The van der Waals surface area contributed by atoms with Gasteiger partial charge in [0.25, 0.3) is 0 Å². The number of benzene rings is 3. The van der Waals surface area contributed by atoms with Crippen molar-refractivity contribution >= 4 is 32.4 Å². The first kappa shape index (κ1) is 14.2. The lowest BCUT2D eigenvalue weighted by molar-refractivity contribution is 0.175. The first-order chi connectivity index (χ1) is 12.3. The van der Waals surface area contributed by atoms with Crippen LogP contribution < -0.4 is 18.9 Å². The number of hydrogen-bond acceptors (Lipinski definition) is 5. The van der Waals surface area contributed by atoms with Crippen LogP contribution in [0.1, 0.15) is 0 Å². The number of aromatic nitrogens is 1. The topological polar surface area (TPSA) is 49.8 Å². The van der Waals surface area contributed by atoms with Gasteiger partial charge in [-0.25, -0.2) is 0 Å². The van der Waals surface area contributed by atoms with Gasteiger partial charge in [-0.1, -0.05) is 6.07 Å². The summed E-state index contributed by atoms with van der Waals surface area (Å²) in [7, 11) is 3.27. The van der Waals surface area contributed by atoms with Crippen molar-refractivity contribution in [1.29, 1.82) is 0 Å². The number of methoxy groups -OCH3 is 2. The number of hydrogen-bond donors (Lipinski definition) is 0. The van der Waals surface area contributed by atoms with Crippen LogP contribution in [0.4, 0.5) is 0 Å². The molecule has 1 aliphatic rings. The monoisotopic (exact) mass is 333 g/mol. The second kappa shape index (κ2) is 5.14. The summed E-state index contributed by atoms with van der Waals surface area (Å²) >= 11 is 0. The fraction of sp³-hybridized carbons (Fsp3) is 0.150. The van der Waals surface area contributed by atoms with Crippen molar-refractivity contribution < 1.29 is 18.9 Å². The highest BCUT2D eigenvalue weighted by molar-refractivity contribution is 6.13. The Labute approximate surface area is 143 Å². The molecule has 1 aromatic heterocycles. The van der Waals surface area contributed by atoms with E-state index in [1.165, 1.54) is 0 Å². The van der Waals surface area contributed by atoms with E-state index < -0.39 is 0 Å². The molecule has 25 heavy (non-hydrogen) atoms. The summed E-state index contributed by atoms with van der Waals surface area (Å²) in [5, 5.41) is 5.15. The maximum absolute atomic E-state index is 5.63. The summed E-state index contributed by atoms with van der Waals surface area (Å²) < 4.78 is 22.0. The van der Waals surface area contributed by atoms with Gasteiger partial charge >= 0.3 is 0 Å². The Morgan fingerprint density at radius 3 is 2.64 bits per heavy atom. The van der Waals surface area contributed by atoms with E-state index in [0.717, 1.165) is 43.9 Å². The van der Waals surface area contributed by atoms with Crippen LogP contribution in [0.2, 0.25) is 0 Å². The Hall–Kier alpha value is -3.21. The molecule has 0 bridgehead atoms. The first-order valence-corrected chi connectivity index (χ1v) is 7.96. The van der Waals surface area contributed by atoms with Gasteiger partial charge in [0.2, 0.25) is 6.79 Å². The normalized spacial score (nSPS) is 12.9. The van der Waals surface area contributed by atoms with E-state index in [1.54, 1.807) is 14.2 Å². The minimum Gasteiger partial charge on any atom is -0.493 e. The lowest BCUT2D eigenvalue weighted by Crippen LogP contribution is -1.93. The van der Waals surface area contributed by atoms with Gasteiger partial charge in [0.1, 0.15) is 0 Å². The van der Waals surface area contributed by atoms with Crippen molar-refractivity contribution in [2.24, 2.45) is 0 Å². The smallest absolute Gasteiger partial charge is 0.231 e. The van der Waals surface area contributed by atoms with Crippen molar-refractivity contribution in [2.45, 2.75) is 0 Å². The summed E-state index contributed by atoms with van der Waals surface area (Å²) in [6.45, 7) is 0.259. The molecule has 3 aromatic carbocycles. The zero-order valence-corrected chi connectivity index (χ0v) is 13.8. The molecule has 1 aliphatic heterocycles.